The number of allylic oxidation sites excluding steroid dienone is 1. The van der Waals surface area contributed by atoms with Gasteiger partial charge in [0.15, 0.2) is 11.6 Å². The number of nitriles is 1. The van der Waals surface area contributed by atoms with Crippen LogP contribution in [0.4, 0.5) is 13.2 Å². The number of aromatic amines is 1. The van der Waals surface area contributed by atoms with Gasteiger partial charge in [0, 0.05) is 0 Å². The van der Waals surface area contributed by atoms with Crippen LogP contribution in [0, 0.1) is 11.3 Å². The van der Waals surface area contributed by atoms with Crippen molar-refractivity contribution in [3.63, 3.8) is 0 Å². The van der Waals surface area contributed by atoms with Crippen molar-refractivity contribution in [3.8, 4) is 11.8 Å². The van der Waals surface area contributed by atoms with E-state index in [0.717, 1.165) is 24.3 Å². The third-order valence-corrected chi connectivity index (χ3v) is 3.69. The van der Waals surface area contributed by atoms with Gasteiger partial charge in [-0.2, -0.15) is 5.26 Å². The van der Waals surface area contributed by atoms with Gasteiger partial charge in [-0.3, -0.25) is 0 Å². The van der Waals surface area contributed by atoms with Crippen LogP contribution < -0.4 is 4.74 Å². The number of fused-ring (bicyclic) bond motifs is 1. The summed E-state index contributed by atoms with van der Waals surface area (Å²) in [6.07, 6.45) is -4.84. The van der Waals surface area contributed by atoms with E-state index < -0.39 is 30.4 Å². The van der Waals surface area contributed by atoms with Gasteiger partial charge in [0.05, 0.1) is 16.6 Å². The second kappa shape index (κ2) is 7.93. The molecule has 0 saturated heterocycles. The fraction of sp³-hybridized carbons (Fsp3) is 0.105. The van der Waals surface area contributed by atoms with E-state index in [0.29, 0.717) is 11.0 Å². The Morgan fingerprint density at radius 2 is 1.86 bits per heavy atom. The fourth-order valence-corrected chi connectivity index (χ4v) is 2.41. The fourth-order valence-electron chi connectivity index (χ4n) is 2.41. The summed E-state index contributed by atoms with van der Waals surface area (Å²) in [6.45, 7) is -0.625. The van der Waals surface area contributed by atoms with Gasteiger partial charge in [0.1, 0.15) is 24.0 Å². The minimum atomic E-state index is -4.84. The molecule has 0 aliphatic rings. The monoisotopic (exact) mass is 403 g/mol. The molecule has 0 spiro atoms. The lowest BCUT2D eigenvalue weighted by Gasteiger charge is -2.09. The lowest BCUT2D eigenvalue weighted by atomic mass is 10.2. The minimum absolute atomic E-state index is 0.0606. The Bertz CT molecular complexity index is 1080. The van der Waals surface area contributed by atoms with E-state index in [2.05, 4.69) is 14.7 Å². The highest BCUT2D eigenvalue weighted by molar-refractivity contribution is 5.90. The Morgan fingerprint density at radius 1 is 1.17 bits per heavy atom. The van der Waals surface area contributed by atoms with Crippen LogP contribution >= 0.6 is 0 Å². The van der Waals surface area contributed by atoms with Crippen molar-refractivity contribution < 1.29 is 32.5 Å². The molecule has 148 valence electrons. The summed E-state index contributed by atoms with van der Waals surface area (Å²) in [6, 6.07) is 12.8. The van der Waals surface area contributed by atoms with E-state index in [-0.39, 0.29) is 17.0 Å². The van der Waals surface area contributed by atoms with E-state index in [1.165, 1.54) is 0 Å². The van der Waals surface area contributed by atoms with Crippen LogP contribution in [0.15, 0.2) is 54.3 Å². The van der Waals surface area contributed by atoms with Crippen molar-refractivity contribution in [2.75, 3.05) is 6.61 Å². The van der Waals surface area contributed by atoms with Crippen LogP contribution in [0.2, 0.25) is 0 Å². The number of esters is 1. The molecular formula is C19H12F3N3O4. The minimum Gasteiger partial charge on any atom is -0.507 e. The number of carbonyl (C=O) groups is 1. The van der Waals surface area contributed by atoms with Gasteiger partial charge >= 0.3 is 12.3 Å². The summed E-state index contributed by atoms with van der Waals surface area (Å²) in [5.74, 6) is -1.82. The molecule has 3 aromatic rings. The Hall–Kier alpha value is -4.00. The number of ether oxygens (including phenoxy) is 2. The molecule has 29 heavy (non-hydrogen) atoms. The maximum absolute atomic E-state index is 12.1. The van der Waals surface area contributed by atoms with Crippen molar-refractivity contribution >= 4 is 22.6 Å². The highest BCUT2D eigenvalue weighted by Crippen LogP contribution is 2.23. The first-order chi connectivity index (χ1) is 13.8. The zero-order valence-electron chi connectivity index (χ0n) is 14.5. The topological polar surface area (TPSA) is 108 Å². The van der Waals surface area contributed by atoms with Crippen molar-refractivity contribution in [2.24, 2.45) is 0 Å². The smallest absolute Gasteiger partial charge is 0.507 e. The highest BCUT2D eigenvalue weighted by Gasteiger charge is 2.31. The average Bonchev–Trinajstić information content (AvgIpc) is 3.09. The number of aliphatic hydroxyl groups excluding tert-OH is 1. The number of hydrogen-bond donors (Lipinski definition) is 2. The Kier molecular flexibility index (Phi) is 5.40. The zero-order chi connectivity index (χ0) is 21.0. The lowest BCUT2D eigenvalue weighted by Crippen LogP contribution is -2.17. The molecule has 0 bridgehead atoms. The predicted octanol–water partition coefficient (Wildman–Crippen LogP) is 4.11. The molecule has 0 saturated carbocycles. The van der Waals surface area contributed by atoms with Crippen LogP contribution in [0.1, 0.15) is 16.2 Å². The Morgan fingerprint density at radius 3 is 2.48 bits per heavy atom. The molecule has 0 aliphatic heterocycles. The average molecular weight is 403 g/mol. The third-order valence-electron chi connectivity index (χ3n) is 3.69. The molecule has 0 atom stereocenters. The molecule has 7 nitrogen and oxygen atoms in total. The van der Waals surface area contributed by atoms with Gasteiger partial charge in [-0.15, -0.1) is 13.2 Å². The number of para-hydroxylation sites is 2. The first-order valence-electron chi connectivity index (χ1n) is 8.07. The SMILES string of the molecule is N#CC(=C(O)COC(=O)c1ccc(OC(F)(F)F)cc1)c1nc2ccccc2[nH]1. The molecule has 0 unspecified atom stereocenters. The molecule has 2 aromatic carbocycles. The number of carbonyl (C=O) groups excluding carboxylic acids is 1. The summed E-state index contributed by atoms with van der Waals surface area (Å²) in [7, 11) is 0. The molecular weight excluding hydrogens is 391 g/mol. The van der Waals surface area contributed by atoms with E-state index in [1.54, 1.807) is 30.3 Å². The number of hydrogen-bond acceptors (Lipinski definition) is 6. The van der Waals surface area contributed by atoms with Gasteiger partial charge in [-0.05, 0) is 36.4 Å². The highest BCUT2D eigenvalue weighted by atomic mass is 19.4. The van der Waals surface area contributed by atoms with E-state index in [4.69, 9.17) is 4.74 Å². The van der Waals surface area contributed by atoms with Gasteiger partial charge in [-0.25, -0.2) is 9.78 Å². The third kappa shape index (κ3) is 4.84. The quantitative estimate of drug-likeness (QED) is 0.377. The molecule has 3 rings (SSSR count). The number of imidazole rings is 1. The van der Waals surface area contributed by atoms with Crippen molar-refractivity contribution in [2.45, 2.75) is 6.36 Å². The standard InChI is InChI=1S/C19H12F3N3O4/c20-19(21,22)29-12-7-5-11(6-8-12)18(27)28-10-16(26)13(9-23)17-24-14-3-1-2-4-15(14)25-17/h1-8,26H,10H2,(H,24,25). The van der Waals surface area contributed by atoms with Crippen LogP contribution in [0.5, 0.6) is 5.75 Å². The second-order valence-corrected chi connectivity index (χ2v) is 5.68. The van der Waals surface area contributed by atoms with E-state index in [9.17, 15) is 28.3 Å². The summed E-state index contributed by atoms with van der Waals surface area (Å²) in [5.41, 5.74) is 0.972. The molecule has 1 aromatic heterocycles. The molecule has 0 amide bonds. The predicted molar refractivity (Wildman–Crippen MR) is 94.7 cm³/mol. The normalized spacial score (nSPS) is 12.2. The van der Waals surface area contributed by atoms with E-state index >= 15 is 0 Å². The summed E-state index contributed by atoms with van der Waals surface area (Å²) >= 11 is 0. The van der Waals surface area contributed by atoms with Crippen LogP contribution in [-0.4, -0.2) is 34.0 Å². The van der Waals surface area contributed by atoms with Crippen LogP contribution in [0.25, 0.3) is 16.6 Å². The maximum Gasteiger partial charge on any atom is 0.573 e. The van der Waals surface area contributed by atoms with E-state index in [1.807, 2.05) is 0 Å². The summed E-state index contributed by atoms with van der Waals surface area (Å²) in [4.78, 5) is 19.1. The number of alkyl halides is 3. The number of nitrogens with one attached hydrogen (secondary N) is 1. The van der Waals surface area contributed by atoms with Gasteiger partial charge in [0.2, 0.25) is 0 Å². The summed E-state index contributed by atoms with van der Waals surface area (Å²) in [5, 5.41) is 19.4. The van der Waals surface area contributed by atoms with Crippen molar-refractivity contribution in [1.29, 1.82) is 5.26 Å². The van der Waals surface area contributed by atoms with Crippen LogP contribution in [0.3, 0.4) is 0 Å². The molecule has 0 aliphatic carbocycles. The van der Waals surface area contributed by atoms with Gasteiger partial charge < -0.3 is 19.6 Å². The maximum atomic E-state index is 12.1. The molecule has 0 fully saturated rings. The van der Waals surface area contributed by atoms with Gasteiger partial charge in [0.25, 0.3) is 0 Å². The first kappa shape index (κ1) is 19.8. The first-order valence-corrected chi connectivity index (χ1v) is 8.07. The number of aromatic nitrogens is 2. The number of aliphatic hydroxyl groups is 1. The van der Waals surface area contributed by atoms with Crippen molar-refractivity contribution in [1.82, 2.24) is 9.97 Å². The largest absolute Gasteiger partial charge is 0.573 e. The molecule has 2 N–H and O–H groups in total. The Balaban J connectivity index is 1.70. The number of nitrogens with zero attached hydrogens (tertiary/aromatic N) is 2. The van der Waals surface area contributed by atoms with Crippen LogP contribution in [-0.2, 0) is 4.74 Å². The number of halogens is 3. The molecule has 1 heterocycles. The van der Waals surface area contributed by atoms with Crippen molar-refractivity contribution in [3.05, 3.63) is 65.7 Å². The number of H-pyrrole nitrogens is 1. The second-order valence-electron chi connectivity index (χ2n) is 5.68. The zero-order valence-corrected chi connectivity index (χ0v) is 14.5. The lowest BCUT2D eigenvalue weighted by molar-refractivity contribution is -0.274. The molecule has 0 radical (unpaired) electrons. The molecule has 10 heteroatoms. The number of rotatable bonds is 5. The number of benzene rings is 2. The Labute approximate surface area is 161 Å². The summed E-state index contributed by atoms with van der Waals surface area (Å²) < 4.78 is 45.1. The van der Waals surface area contributed by atoms with Gasteiger partial charge in [-0.1, -0.05) is 12.1 Å².